The van der Waals surface area contributed by atoms with Gasteiger partial charge >= 0.3 is 0 Å². The predicted octanol–water partition coefficient (Wildman–Crippen LogP) is 6.09. The van der Waals surface area contributed by atoms with Crippen molar-refractivity contribution in [3.63, 3.8) is 0 Å². The van der Waals surface area contributed by atoms with Crippen LogP contribution < -0.4 is 0 Å². The third-order valence-corrected chi connectivity index (χ3v) is 4.81. The lowest BCUT2D eigenvalue weighted by molar-refractivity contribution is 0.620. The van der Waals surface area contributed by atoms with Crippen LogP contribution in [0.4, 0.5) is 4.39 Å². The van der Waals surface area contributed by atoms with E-state index in [9.17, 15) is 4.39 Å². The number of allylic oxidation sites excluding steroid dienone is 3. The zero-order valence-corrected chi connectivity index (χ0v) is 16.1. The highest BCUT2D eigenvalue weighted by molar-refractivity contribution is 7.84. The molecule has 0 amide bonds. The summed E-state index contributed by atoms with van der Waals surface area (Å²) in [5.74, 6) is -0.406. The molecule has 0 bridgehead atoms. The number of hydrogen-bond donors (Lipinski definition) is 1. The molecule has 5 heteroatoms. The topological polar surface area (TPSA) is 36.7 Å². The van der Waals surface area contributed by atoms with Gasteiger partial charge in [-0.25, -0.2) is 9.37 Å². The number of benzene rings is 1. The standard InChI is InChI=1S/C11H12FN.C9H9NS2/c1-3-4-9-6-11(12)10(7-13)5-8(9)2;11-8-3-1-2-7(4-8)9-5-12-6-10-9/h5-6H,3-4H2,1-2H3;3-6,11H,1-2H2. The number of nitriles is 1. The van der Waals surface area contributed by atoms with Gasteiger partial charge < -0.3 is 0 Å². The predicted molar refractivity (Wildman–Crippen MR) is 106 cm³/mol. The Kier molecular flexibility index (Phi) is 7.42. The SMILES string of the molecule is CCCc1cc(F)c(C#N)cc1C.SC1=CCCC(c2cscn2)=C1. The quantitative estimate of drug-likeness (QED) is 0.662. The molecule has 3 rings (SSSR count). The zero-order valence-electron chi connectivity index (χ0n) is 14.4. The van der Waals surface area contributed by atoms with Gasteiger partial charge in [-0.2, -0.15) is 5.26 Å². The van der Waals surface area contributed by atoms with Gasteiger partial charge in [-0.3, -0.25) is 0 Å². The summed E-state index contributed by atoms with van der Waals surface area (Å²) in [6.45, 7) is 3.96. The summed E-state index contributed by atoms with van der Waals surface area (Å²) < 4.78 is 13.1. The molecule has 0 unspecified atom stereocenters. The molecule has 130 valence electrons. The van der Waals surface area contributed by atoms with Crippen LogP contribution in [0.2, 0.25) is 0 Å². The highest BCUT2D eigenvalue weighted by atomic mass is 32.1. The first-order chi connectivity index (χ1) is 12.0. The van der Waals surface area contributed by atoms with E-state index in [-0.39, 0.29) is 5.56 Å². The minimum atomic E-state index is -0.406. The van der Waals surface area contributed by atoms with Gasteiger partial charge in [0.25, 0.3) is 0 Å². The van der Waals surface area contributed by atoms with E-state index in [1.807, 2.05) is 18.5 Å². The summed E-state index contributed by atoms with van der Waals surface area (Å²) in [5, 5.41) is 10.7. The van der Waals surface area contributed by atoms with Crippen molar-refractivity contribution in [3.05, 3.63) is 68.3 Å². The molecule has 0 atom stereocenters. The average molecular weight is 373 g/mol. The maximum absolute atomic E-state index is 13.1. The lowest BCUT2D eigenvalue weighted by Gasteiger charge is -2.07. The molecule has 2 aromatic rings. The van der Waals surface area contributed by atoms with Crippen molar-refractivity contribution in [1.82, 2.24) is 4.98 Å². The van der Waals surface area contributed by atoms with Crippen LogP contribution in [0.25, 0.3) is 5.57 Å². The summed E-state index contributed by atoms with van der Waals surface area (Å²) in [5.41, 5.74) is 6.42. The second kappa shape index (κ2) is 9.55. The first kappa shape index (κ1) is 19.4. The number of rotatable bonds is 3. The van der Waals surface area contributed by atoms with Crippen LogP contribution in [0, 0.1) is 24.1 Å². The van der Waals surface area contributed by atoms with E-state index in [0.29, 0.717) is 0 Å². The van der Waals surface area contributed by atoms with Crippen LogP contribution in [-0.2, 0) is 6.42 Å². The smallest absolute Gasteiger partial charge is 0.141 e. The summed E-state index contributed by atoms with van der Waals surface area (Å²) in [4.78, 5) is 5.32. The van der Waals surface area contributed by atoms with Crippen molar-refractivity contribution < 1.29 is 4.39 Å². The van der Waals surface area contributed by atoms with Crippen LogP contribution in [0.1, 0.15) is 48.6 Å². The second-order valence-electron chi connectivity index (χ2n) is 5.83. The number of aryl methyl sites for hydroxylation is 2. The lowest BCUT2D eigenvalue weighted by atomic mass is 10.0. The van der Waals surface area contributed by atoms with Gasteiger partial charge in [0, 0.05) is 10.3 Å². The molecule has 1 aliphatic rings. The maximum atomic E-state index is 13.1. The molecule has 0 saturated carbocycles. The Morgan fingerprint density at radius 1 is 1.40 bits per heavy atom. The third kappa shape index (κ3) is 5.55. The number of halogens is 1. The molecule has 0 aliphatic heterocycles. The average Bonchev–Trinajstić information content (AvgIpc) is 3.13. The molecule has 0 spiro atoms. The van der Waals surface area contributed by atoms with Crippen molar-refractivity contribution >= 4 is 29.5 Å². The number of aromatic nitrogens is 1. The molecule has 1 aliphatic carbocycles. The molecule has 0 saturated heterocycles. The van der Waals surface area contributed by atoms with Gasteiger partial charge in [-0.1, -0.05) is 19.4 Å². The summed E-state index contributed by atoms with van der Waals surface area (Å²) in [6.07, 6.45) is 8.28. The Bertz CT molecular complexity index is 815. The van der Waals surface area contributed by atoms with E-state index in [1.165, 1.54) is 11.6 Å². The van der Waals surface area contributed by atoms with Crippen molar-refractivity contribution in [2.45, 2.75) is 39.5 Å². The Hall–Kier alpha value is -1.90. The normalized spacial score (nSPS) is 13.2. The molecule has 1 aromatic heterocycles. The fraction of sp³-hybridized carbons (Fsp3) is 0.300. The third-order valence-electron chi connectivity index (χ3n) is 3.92. The van der Waals surface area contributed by atoms with E-state index in [2.05, 4.69) is 42.1 Å². The second-order valence-corrected chi connectivity index (χ2v) is 7.07. The zero-order chi connectivity index (χ0) is 18.2. The molecule has 1 aromatic carbocycles. The lowest BCUT2D eigenvalue weighted by Crippen LogP contribution is -1.93. The number of thiol groups is 1. The van der Waals surface area contributed by atoms with Gasteiger partial charge in [0.1, 0.15) is 11.9 Å². The van der Waals surface area contributed by atoms with Gasteiger partial charge in [-0.05, 0) is 61.1 Å². The number of hydrogen-bond acceptors (Lipinski definition) is 4. The molecule has 0 N–H and O–H groups in total. The fourth-order valence-corrected chi connectivity index (χ4v) is 3.47. The molecule has 0 fully saturated rings. The minimum Gasteiger partial charge on any atom is -0.245 e. The maximum Gasteiger partial charge on any atom is 0.141 e. The van der Waals surface area contributed by atoms with E-state index in [1.54, 1.807) is 17.4 Å². The minimum absolute atomic E-state index is 0.136. The Morgan fingerprint density at radius 2 is 2.20 bits per heavy atom. The van der Waals surface area contributed by atoms with E-state index in [4.69, 9.17) is 5.26 Å². The van der Waals surface area contributed by atoms with Crippen molar-refractivity contribution in [2.75, 3.05) is 0 Å². The number of thiazole rings is 1. The highest BCUT2D eigenvalue weighted by Gasteiger charge is 2.07. The molecule has 25 heavy (non-hydrogen) atoms. The van der Waals surface area contributed by atoms with Crippen LogP contribution in [0.15, 0.2) is 40.1 Å². The highest BCUT2D eigenvalue weighted by Crippen LogP contribution is 2.27. The number of nitrogens with zero attached hydrogens (tertiary/aromatic N) is 2. The monoisotopic (exact) mass is 372 g/mol. The van der Waals surface area contributed by atoms with Crippen LogP contribution in [0.5, 0.6) is 0 Å². The van der Waals surface area contributed by atoms with Crippen molar-refractivity contribution in [3.8, 4) is 6.07 Å². The summed E-state index contributed by atoms with van der Waals surface area (Å²) in [6, 6.07) is 4.91. The molecular formula is C20H21FN2S2. The van der Waals surface area contributed by atoms with E-state index >= 15 is 0 Å². The molecule has 0 radical (unpaired) electrons. The largest absolute Gasteiger partial charge is 0.245 e. The van der Waals surface area contributed by atoms with Crippen molar-refractivity contribution in [1.29, 1.82) is 5.26 Å². The van der Waals surface area contributed by atoms with Gasteiger partial charge in [0.05, 0.1) is 16.8 Å². The Morgan fingerprint density at radius 3 is 2.80 bits per heavy atom. The van der Waals surface area contributed by atoms with Crippen LogP contribution in [-0.4, -0.2) is 4.98 Å². The van der Waals surface area contributed by atoms with E-state index < -0.39 is 5.82 Å². The molecule has 1 heterocycles. The first-order valence-electron chi connectivity index (χ1n) is 8.22. The summed E-state index contributed by atoms with van der Waals surface area (Å²) in [7, 11) is 0. The molecule has 2 nitrogen and oxygen atoms in total. The Labute approximate surface area is 158 Å². The molecular weight excluding hydrogens is 351 g/mol. The first-order valence-corrected chi connectivity index (χ1v) is 9.61. The van der Waals surface area contributed by atoms with Gasteiger partial charge in [0.15, 0.2) is 0 Å². The fourth-order valence-electron chi connectivity index (χ4n) is 2.61. The summed E-state index contributed by atoms with van der Waals surface area (Å²) >= 11 is 5.95. The Balaban J connectivity index is 0.000000181. The van der Waals surface area contributed by atoms with Gasteiger partial charge in [0.2, 0.25) is 0 Å². The van der Waals surface area contributed by atoms with Gasteiger partial charge in [-0.15, -0.1) is 24.0 Å². The van der Waals surface area contributed by atoms with E-state index in [0.717, 1.165) is 47.4 Å². The van der Waals surface area contributed by atoms with Crippen LogP contribution >= 0.6 is 24.0 Å². The van der Waals surface area contributed by atoms with Crippen molar-refractivity contribution in [2.24, 2.45) is 0 Å². The van der Waals surface area contributed by atoms with Crippen LogP contribution in [0.3, 0.4) is 0 Å².